The highest BCUT2D eigenvalue weighted by molar-refractivity contribution is 8.13. The van der Waals surface area contributed by atoms with Crippen molar-refractivity contribution in [2.24, 2.45) is 10.4 Å². The van der Waals surface area contributed by atoms with Crippen LogP contribution in [0, 0.1) is 5.41 Å². The predicted octanol–water partition coefficient (Wildman–Crippen LogP) is 2.50. The maximum Gasteiger partial charge on any atom is 0.255 e. The van der Waals surface area contributed by atoms with Gasteiger partial charge in [-0.3, -0.25) is 4.99 Å². The van der Waals surface area contributed by atoms with E-state index in [-0.39, 0.29) is 6.54 Å². The Bertz CT molecular complexity index is 250. The highest BCUT2D eigenvalue weighted by atomic mass is 32.2. The summed E-state index contributed by atoms with van der Waals surface area (Å²) >= 11 is 1.61. The smallest absolute Gasteiger partial charge is 0.255 e. The average molecular weight is 234 g/mol. The average Bonchev–Trinajstić information content (AvgIpc) is 2.66. The van der Waals surface area contributed by atoms with Crippen LogP contribution < -0.4 is 5.32 Å². The number of nitrogens with one attached hydrogen (secondary N) is 1. The molecule has 0 amide bonds. The molecule has 1 heterocycles. The second-order valence-electron chi connectivity index (χ2n) is 4.39. The van der Waals surface area contributed by atoms with Crippen molar-refractivity contribution in [3.8, 4) is 0 Å². The molecule has 1 N–H and O–H groups in total. The van der Waals surface area contributed by atoms with E-state index in [1.165, 1.54) is 25.7 Å². The van der Waals surface area contributed by atoms with Gasteiger partial charge in [-0.15, -0.1) is 0 Å². The van der Waals surface area contributed by atoms with Gasteiger partial charge in [0.25, 0.3) is 6.43 Å². The molecule has 86 valence electrons. The Labute approximate surface area is 92.9 Å². The molecule has 0 saturated heterocycles. The minimum Gasteiger partial charge on any atom is -0.359 e. The van der Waals surface area contributed by atoms with Gasteiger partial charge in [0.2, 0.25) is 0 Å². The normalized spacial score (nSPS) is 24.6. The zero-order valence-electron chi connectivity index (χ0n) is 8.64. The van der Waals surface area contributed by atoms with E-state index in [1.54, 1.807) is 11.8 Å². The molecule has 1 fully saturated rings. The van der Waals surface area contributed by atoms with Crippen molar-refractivity contribution < 1.29 is 8.78 Å². The molecule has 0 bridgehead atoms. The molecule has 0 atom stereocenters. The molecule has 0 aromatic heterocycles. The summed E-state index contributed by atoms with van der Waals surface area (Å²) < 4.78 is 23.9. The van der Waals surface area contributed by atoms with Gasteiger partial charge in [0.05, 0.1) is 6.54 Å². The molecule has 1 spiro atoms. The van der Waals surface area contributed by atoms with Crippen LogP contribution in [0.15, 0.2) is 4.99 Å². The number of aliphatic imine (C=N–C) groups is 1. The summed E-state index contributed by atoms with van der Waals surface area (Å²) in [5.74, 6) is 1.04. The summed E-state index contributed by atoms with van der Waals surface area (Å²) in [6, 6.07) is 0. The first-order chi connectivity index (χ1) is 7.20. The van der Waals surface area contributed by atoms with E-state index >= 15 is 0 Å². The fourth-order valence-corrected chi connectivity index (χ4v) is 3.42. The van der Waals surface area contributed by atoms with Crippen molar-refractivity contribution in [2.45, 2.75) is 32.1 Å². The van der Waals surface area contributed by atoms with Crippen LogP contribution in [0.3, 0.4) is 0 Å². The van der Waals surface area contributed by atoms with Crippen molar-refractivity contribution >= 4 is 16.9 Å². The number of hydrogen-bond donors (Lipinski definition) is 1. The molecular weight excluding hydrogens is 218 g/mol. The first-order valence-electron chi connectivity index (χ1n) is 5.40. The molecule has 2 nitrogen and oxygen atoms in total. The third-order valence-electron chi connectivity index (χ3n) is 3.14. The molecular formula is C10H16F2N2S. The maximum absolute atomic E-state index is 12.0. The van der Waals surface area contributed by atoms with Crippen molar-refractivity contribution in [3.05, 3.63) is 0 Å². The van der Waals surface area contributed by atoms with Crippen LogP contribution in [0.2, 0.25) is 0 Å². The van der Waals surface area contributed by atoms with E-state index in [2.05, 4.69) is 10.3 Å². The highest BCUT2D eigenvalue weighted by Gasteiger charge is 2.36. The molecule has 15 heavy (non-hydrogen) atoms. The van der Waals surface area contributed by atoms with Crippen LogP contribution in [0.4, 0.5) is 8.78 Å². The third kappa shape index (κ3) is 2.83. The molecule has 2 rings (SSSR count). The Morgan fingerprint density at radius 3 is 2.67 bits per heavy atom. The summed E-state index contributed by atoms with van der Waals surface area (Å²) in [7, 11) is 0. The van der Waals surface area contributed by atoms with Gasteiger partial charge in [0.1, 0.15) is 0 Å². The summed E-state index contributed by atoms with van der Waals surface area (Å²) in [5.41, 5.74) is 0.390. The molecule has 2 aliphatic rings. The number of nitrogens with zero attached hydrogens (tertiary/aromatic N) is 1. The molecule has 1 aliphatic heterocycles. The Morgan fingerprint density at radius 2 is 2.13 bits per heavy atom. The predicted molar refractivity (Wildman–Crippen MR) is 59.7 cm³/mol. The largest absolute Gasteiger partial charge is 0.359 e. The van der Waals surface area contributed by atoms with Crippen molar-refractivity contribution in [1.29, 1.82) is 0 Å². The van der Waals surface area contributed by atoms with Gasteiger partial charge in [-0.2, -0.15) is 0 Å². The Hall–Kier alpha value is -0.320. The number of amidine groups is 1. The number of alkyl halides is 2. The Balaban J connectivity index is 1.83. The number of halogens is 2. The van der Waals surface area contributed by atoms with E-state index in [0.717, 1.165) is 12.3 Å². The second kappa shape index (κ2) is 4.68. The van der Waals surface area contributed by atoms with E-state index in [9.17, 15) is 8.78 Å². The van der Waals surface area contributed by atoms with E-state index in [1.807, 2.05) is 0 Å². The zero-order chi connectivity index (χ0) is 10.7. The maximum atomic E-state index is 12.0. The summed E-state index contributed by atoms with van der Waals surface area (Å²) in [4.78, 5) is 4.37. The summed E-state index contributed by atoms with van der Waals surface area (Å²) in [6.45, 7) is 0.546. The molecule has 1 saturated carbocycles. The minimum absolute atomic E-state index is 0.279. The topological polar surface area (TPSA) is 24.4 Å². The first kappa shape index (κ1) is 11.2. The van der Waals surface area contributed by atoms with Crippen LogP contribution in [0.1, 0.15) is 25.7 Å². The monoisotopic (exact) mass is 234 g/mol. The van der Waals surface area contributed by atoms with Gasteiger partial charge in [0.15, 0.2) is 5.17 Å². The molecule has 5 heteroatoms. The van der Waals surface area contributed by atoms with Crippen molar-refractivity contribution in [1.82, 2.24) is 5.32 Å². The van der Waals surface area contributed by atoms with Gasteiger partial charge in [-0.1, -0.05) is 24.6 Å². The highest BCUT2D eigenvalue weighted by Crippen LogP contribution is 2.43. The lowest BCUT2D eigenvalue weighted by Crippen LogP contribution is -2.35. The van der Waals surface area contributed by atoms with Crippen molar-refractivity contribution in [2.75, 3.05) is 18.8 Å². The summed E-state index contributed by atoms with van der Waals surface area (Å²) in [6.07, 6.45) is 2.82. The SMILES string of the molecule is FC(F)CNC1=NCC2(CCCC2)CS1. The van der Waals surface area contributed by atoms with Gasteiger partial charge >= 0.3 is 0 Å². The van der Waals surface area contributed by atoms with Gasteiger partial charge in [-0.25, -0.2) is 8.78 Å². The molecule has 0 aromatic rings. The van der Waals surface area contributed by atoms with Crippen LogP contribution in [0.25, 0.3) is 0 Å². The van der Waals surface area contributed by atoms with Crippen LogP contribution in [0.5, 0.6) is 0 Å². The van der Waals surface area contributed by atoms with Crippen LogP contribution >= 0.6 is 11.8 Å². The van der Waals surface area contributed by atoms with E-state index in [4.69, 9.17) is 0 Å². The van der Waals surface area contributed by atoms with E-state index in [0.29, 0.717) is 10.6 Å². The number of hydrogen-bond acceptors (Lipinski definition) is 3. The third-order valence-corrected chi connectivity index (χ3v) is 4.45. The Morgan fingerprint density at radius 1 is 1.40 bits per heavy atom. The zero-order valence-corrected chi connectivity index (χ0v) is 9.45. The lowest BCUT2D eigenvalue weighted by molar-refractivity contribution is 0.152. The lowest BCUT2D eigenvalue weighted by Gasteiger charge is -2.31. The van der Waals surface area contributed by atoms with Crippen LogP contribution in [-0.2, 0) is 0 Å². The standard InChI is InChI=1S/C10H16F2N2S/c11-8(12)5-13-9-14-6-10(7-15-9)3-1-2-4-10/h8H,1-7H2,(H,13,14). The minimum atomic E-state index is -2.30. The fourth-order valence-electron chi connectivity index (χ4n) is 2.25. The van der Waals surface area contributed by atoms with E-state index < -0.39 is 6.43 Å². The molecule has 0 aromatic carbocycles. The quantitative estimate of drug-likeness (QED) is 0.794. The van der Waals surface area contributed by atoms with Crippen molar-refractivity contribution in [3.63, 3.8) is 0 Å². The Kier molecular flexibility index (Phi) is 3.49. The lowest BCUT2D eigenvalue weighted by atomic mass is 9.89. The van der Waals surface area contributed by atoms with Crippen LogP contribution in [-0.4, -0.2) is 30.4 Å². The second-order valence-corrected chi connectivity index (χ2v) is 5.35. The van der Waals surface area contributed by atoms with Gasteiger partial charge in [0, 0.05) is 12.3 Å². The fraction of sp³-hybridized carbons (Fsp3) is 0.900. The number of thioether (sulfide) groups is 1. The molecule has 0 unspecified atom stereocenters. The number of rotatable bonds is 2. The summed E-state index contributed by atoms with van der Waals surface area (Å²) in [5, 5.41) is 3.39. The molecule has 1 aliphatic carbocycles. The van der Waals surface area contributed by atoms with Gasteiger partial charge in [-0.05, 0) is 18.3 Å². The van der Waals surface area contributed by atoms with Gasteiger partial charge < -0.3 is 5.32 Å². The molecule has 0 radical (unpaired) electrons. The first-order valence-corrected chi connectivity index (χ1v) is 6.38.